The Hall–Kier alpha value is -2.30. The zero-order chi connectivity index (χ0) is 13.0. The molecule has 0 aliphatic rings. The number of hydrogen-bond acceptors (Lipinski definition) is 5. The molecule has 5 nitrogen and oxygen atoms in total. The first-order valence-corrected chi connectivity index (χ1v) is 4.75. The molecule has 0 amide bonds. The fourth-order valence-electron chi connectivity index (χ4n) is 1.08. The van der Waals surface area contributed by atoms with Gasteiger partial charge in [-0.25, -0.2) is 9.59 Å². The van der Waals surface area contributed by atoms with Gasteiger partial charge < -0.3 is 14.6 Å². The predicted molar refractivity (Wildman–Crippen MR) is 59.9 cm³/mol. The van der Waals surface area contributed by atoms with E-state index in [1.165, 1.54) is 32.2 Å². The number of methoxy groups -OCH3 is 1. The van der Waals surface area contributed by atoms with Crippen LogP contribution in [0.15, 0.2) is 30.4 Å². The van der Waals surface area contributed by atoms with Gasteiger partial charge in [0.25, 0.3) is 0 Å². The summed E-state index contributed by atoms with van der Waals surface area (Å²) in [6.45, 7) is 4.86. The maximum Gasteiger partial charge on any atom is 0.341 e. The first-order chi connectivity index (χ1) is 7.97. The third-order valence-corrected chi connectivity index (χ3v) is 1.94. The van der Waals surface area contributed by atoms with Gasteiger partial charge in [-0.05, 0) is 19.1 Å². The molecule has 1 rings (SSSR count). The van der Waals surface area contributed by atoms with Gasteiger partial charge in [0.2, 0.25) is 0 Å². The number of carbonyl (C=O) groups is 2. The van der Waals surface area contributed by atoms with Crippen LogP contribution in [0.25, 0.3) is 0 Å². The number of rotatable bonds is 3. The Labute approximate surface area is 98.3 Å². The summed E-state index contributed by atoms with van der Waals surface area (Å²) in [4.78, 5) is 22.7. The number of hydrogen-bond donors (Lipinski definition) is 1. The molecule has 1 N–H and O–H groups in total. The second-order valence-electron chi connectivity index (χ2n) is 3.32. The predicted octanol–water partition coefficient (Wildman–Crippen LogP) is 1.66. The van der Waals surface area contributed by atoms with E-state index in [0.717, 1.165) is 0 Å². The summed E-state index contributed by atoms with van der Waals surface area (Å²) >= 11 is 0. The normalized spacial score (nSPS) is 9.53. The Morgan fingerprint density at radius 2 is 2.00 bits per heavy atom. The maximum atomic E-state index is 11.4. The molecule has 0 atom stereocenters. The van der Waals surface area contributed by atoms with Gasteiger partial charge in [0.15, 0.2) is 11.5 Å². The quantitative estimate of drug-likeness (QED) is 0.491. The summed E-state index contributed by atoms with van der Waals surface area (Å²) in [5.74, 6) is -1.98. The van der Waals surface area contributed by atoms with Gasteiger partial charge in [-0.3, -0.25) is 0 Å². The molecule has 0 heterocycles. The van der Waals surface area contributed by atoms with E-state index in [-0.39, 0.29) is 22.6 Å². The number of benzene rings is 1. The second kappa shape index (κ2) is 5.16. The van der Waals surface area contributed by atoms with E-state index < -0.39 is 11.9 Å². The lowest BCUT2D eigenvalue weighted by atomic mass is 10.2. The zero-order valence-electron chi connectivity index (χ0n) is 9.52. The van der Waals surface area contributed by atoms with Crippen LogP contribution in [0.3, 0.4) is 0 Å². The third kappa shape index (κ3) is 2.84. The molecule has 90 valence electrons. The molecular weight excluding hydrogens is 224 g/mol. The molecule has 5 heteroatoms. The van der Waals surface area contributed by atoms with Crippen molar-refractivity contribution in [1.82, 2.24) is 0 Å². The van der Waals surface area contributed by atoms with Crippen molar-refractivity contribution in [3.05, 3.63) is 35.9 Å². The molecule has 1 aromatic carbocycles. The molecule has 0 saturated heterocycles. The van der Waals surface area contributed by atoms with Crippen molar-refractivity contribution in [3.8, 4) is 11.5 Å². The van der Waals surface area contributed by atoms with Gasteiger partial charge in [0.1, 0.15) is 5.56 Å². The average Bonchev–Trinajstić information content (AvgIpc) is 2.30. The van der Waals surface area contributed by atoms with Crippen LogP contribution < -0.4 is 4.74 Å². The van der Waals surface area contributed by atoms with Crippen molar-refractivity contribution in [1.29, 1.82) is 0 Å². The molecular formula is C12H12O5. The summed E-state index contributed by atoms with van der Waals surface area (Å²) in [5.41, 5.74) is 0.131. The molecule has 0 aliphatic heterocycles. The number of esters is 2. The van der Waals surface area contributed by atoms with E-state index in [1.807, 2.05) is 0 Å². The lowest BCUT2D eigenvalue weighted by molar-refractivity contribution is -0.130. The first kappa shape index (κ1) is 12.8. The van der Waals surface area contributed by atoms with Crippen molar-refractivity contribution in [2.75, 3.05) is 7.11 Å². The van der Waals surface area contributed by atoms with E-state index in [0.29, 0.717) is 0 Å². The van der Waals surface area contributed by atoms with Crippen molar-refractivity contribution in [2.45, 2.75) is 6.92 Å². The van der Waals surface area contributed by atoms with Gasteiger partial charge in [-0.2, -0.15) is 0 Å². The van der Waals surface area contributed by atoms with Crippen molar-refractivity contribution in [2.24, 2.45) is 0 Å². The molecule has 0 saturated carbocycles. The lowest BCUT2D eigenvalue weighted by Crippen LogP contribution is -2.12. The number of carbonyl (C=O) groups excluding carboxylic acids is 2. The summed E-state index contributed by atoms with van der Waals surface area (Å²) in [6.07, 6.45) is 0. The Morgan fingerprint density at radius 1 is 1.35 bits per heavy atom. The van der Waals surface area contributed by atoms with E-state index in [4.69, 9.17) is 4.74 Å². The first-order valence-electron chi connectivity index (χ1n) is 4.75. The molecule has 0 spiro atoms. The largest absolute Gasteiger partial charge is 0.504 e. The van der Waals surface area contributed by atoms with Gasteiger partial charge in [-0.1, -0.05) is 12.6 Å². The molecule has 1 aromatic rings. The SMILES string of the molecule is C=C(C)C(=O)Oc1c(O)cccc1C(=O)OC. The van der Waals surface area contributed by atoms with E-state index in [1.54, 1.807) is 0 Å². The monoisotopic (exact) mass is 236 g/mol. The Bertz CT molecular complexity index is 476. The summed E-state index contributed by atoms with van der Waals surface area (Å²) in [5, 5.41) is 9.55. The van der Waals surface area contributed by atoms with Gasteiger partial charge in [-0.15, -0.1) is 0 Å². The lowest BCUT2D eigenvalue weighted by Gasteiger charge is -2.09. The fourth-order valence-corrected chi connectivity index (χ4v) is 1.08. The highest BCUT2D eigenvalue weighted by Gasteiger charge is 2.19. The Morgan fingerprint density at radius 3 is 2.53 bits per heavy atom. The summed E-state index contributed by atoms with van der Waals surface area (Å²) in [7, 11) is 1.19. The topological polar surface area (TPSA) is 72.8 Å². The molecule has 0 bridgehead atoms. The van der Waals surface area contributed by atoms with Crippen LogP contribution in [-0.4, -0.2) is 24.2 Å². The van der Waals surface area contributed by atoms with Crippen molar-refractivity contribution >= 4 is 11.9 Å². The van der Waals surface area contributed by atoms with E-state index in [9.17, 15) is 14.7 Å². The van der Waals surface area contributed by atoms with Gasteiger partial charge in [0, 0.05) is 5.57 Å². The van der Waals surface area contributed by atoms with Crippen LogP contribution in [0.2, 0.25) is 0 Å². The molecule has 0 aromatic heterocycles. The van der Waals surface area contributed by atoms with Crippen LogP contribution in [-0.2, 0) is 9.53 Å². The molecule has 0 fully saturated rings. The van der Waals surface area contributed by atoms with Crippen LogP contribution in [0.4, 0.5) is 0 Å². The molecule has 17 heavy (non-hydrogen) atoms. The van der Waals surface area contributed by atoms with Gasteiger partial charge >= 0.3 is 11.9 Å². The van der Waals surface area contributed by atoms with Crippen molar-refractivity contribution in [3.63, 3.8) is 0 Å². The number of phenolic OH excluding ortho intramolecular Hbond substituents is 1. The van der Waals surface area contributed by atoms with Crippen LogP contribution >= 0.6 is 0 Å². The minimum atomic E-state index is -0.725. The van der Waals surface area contributed by atoms with Gasteiger partial charge in [0.05, 0.1) is 7.11 Å². The average molecular weight is 236 g/mol. The number of aromatic hydroxyl groups is 1. The minimum Gasteiger partial charge on any atom is -0.504 e. The maximum absolute atomic E-state index is 11.4. The number of phenols is 1. The molecule has 0 unspecified atom stereocenters. The molecule has 0 aliphatic carbocycles. The fraction of sp³-hybridized carbons (Fsp3) is 0.167. The minimum absolute atomic E-state index is 0.0258. The Kier molecular flexibility index (Phi) is 3.87. The highest BCUT2D eigenvalue weighted by atomic mass is 16.5. The Balaban J connectivity index is 3.16. The summed E-state index contributed by atoms with van der Waals surface area (Å²) in [6, 6.07) is 4.12. The summed E-state index contributed by atoms with van der Waals surface area (Å²) < 4.78 is 9.38. The molecule has 0 radical (unpaired) electrons. The van der Waals surface area contributed by atoms with Crippen molar-refractivity contribution < 1.29 is 24.2 Å². The zero-order valence-corrected chi connectivity index (χ0v) is 9.52. The third-order valence-electron chi connectivity index (χ3n) is 1.94. The number of ether oxygens (including phenoxy) is 2. The van der Waals surface area contributed by atoms with Crippen LogP contribution in [0.5, 0.6) is 11.5 Å². The van der Waals surface area contributed by atoms with E-state index >= 15 is 0 Å². The van der Waals surface area contributed by atoms with Crippen LogP contribution in [0.1, 0.15) is 17.3 Å². The van der Waals surface area contributed by atoms with E-state index in [2.05, 4.69) is 11.3 Å². The van der Waals surface area contributed by atoms with Crippen LogP contribution in [0, 0.1) is 0 Å². The highest BCUT2D eigenvalue weighted by Crippen LogP contribution is 2.31. The number of para-hydroxylation sites is 1. The second-order valence-corrected chi connectivity index (χ2v) is 3.32. The smallest absolute Gasteiger partial charge is 0.341 e. The highest BCUT2D eigenvalue weighted by molar-refractivity contribution is 5.96. The standard InChI is InChI=1S/C12H12O5/c1-7(2)11(14)17-10-8(12(15)16-3)5-4-6-9(10)13/h4-6,13H,1H2,2-3H3.